The summed E-state index contributed by atoms with van der Waals surface area (Å²) in [7, 11) is 1.99. The van der Waals surface area contributed by atoms with E-state index in [0.717, 1.165) is 11.5 Å². The van der Waals surface area contributed by atoms with Crippen molar-refractivity contribution in [3.05, 3.63) is 29.4 Å². The van der Waals surface area contributed by atoms with Crippen molar-refractivity contribution in [3.63, 3.8) is 0 Å². The van der Waals surface area contributed by atoms with Gasteiger partial charge >= 0.3 is 0 Å². The standard InChI is InChI=1S/C9H11N3S/c1-12-7(5-10)6-11-9(12)8-3-2-4-13-8/h2-4,6H,5,10H2,1H3. The molecule has 0 radical (unpaired) electrons. The van der Waals surface area contributed by atoms with Gasteiger partial charge in [0.05, 0.1) is 16.8 Å². The SMILES string of the molecule is Cn1c(CN)cnc1-c1cccs1. The lowest BCUT2D eigenvalue weighted by Crippen LogP contribution is -2.03. The van der Waals surface area contributed by atoms with Crippen molar-refractivity contribution in [1.82, 2.24) is 9.55 Å². The van der Waals surface area contributed by atoms with Gasteiger partial charge in [-0.05, 0) is 11.4 Å². The van der Waals surface area contributed by atoms with Crippen LogP contribution < -0.4 is 5.73 Å². The third kappa shape index (κ3) is 1.38. The van der Waals surface area contributed by atoms with Crippen LogP contribution in [0.5, 0.6) is 0 Å². The minimum atomic E-state index is 0.537. The molecule has 68 valence electrons. The van der Waals surface area contributed by atoms with Crippen LogP contribution in [0.2, 0.25) is 0 Å². The van der Waals surface area contributed by atoms with Crippen LogP contribution in [0.3, 0.4) is 0 Å². The summed E-state index contributed by atoms with van der Waals surface area (Å²) in [5.41, 5.74) is 6.62. The smallest absolute Gasteiger partial charge is 0.149 e. The Hall–Kier alpha value is -1.13. The molecule has 4 heteroatoms. The zero-order valence-electron chi connectivity index (χ0n) is 7.40. The van der Waals surface area contributed by atoms with Crippen LogP contribution in [-0.4, -0.2) is 9.55 Å². The van der Waals surface area contributed by atoms with E-state index >= 15 is 0 Å². The van der Waals surface area contributed by atoms with Crippen molar-refractivity contribution >= 4 is 11.3 Å². The van der Waals surface area contributed by atoms with E-state index in [1.165, 1.54) is 4.88 Å². The number of hydrogen-bond acceptors (Lipinski definition) is 3. The van der Waals surface area contributed by atoms with E-state index in [4.69, 9.17) is 5.73 Å². The second kappa shape index (κ2) is 3.32. The minimum absolute atomic E-state index is 0.537. The quantitative estimate of drug-likeness (QED) is 0.787. The van der Waals surface area contributed by atoms with Gasteiger partial charge in [0.1, 0.15) is 5.82 Å². The Kier molecular flexibility index (Phi) is 2.16. The van der Waals surface area contributed by atoms with Gasteiger partial charge in [0.2, 0.25) is 0 Å². The van der Waals surface area contributed by atoms with Gasteiger partial charge in [-0.1, -0.05) is 6.07 Å². The Labute approximate surface area is 80.8 Å². The Morgan fingerprint density at radius 1 is 1.62 bits per heavy atom. The molecule has 0 aliphatic rings. The van der Waals surface area contributed by atoms with Crippen LogP contribution in [0.15, 0.2) is 23.7 Å². The maximum atomic E-state index is 5.56. The number of imidazole rings is 1. The number of hydrogen-bond donors (Lipinski definition) is 1. The zero-order valence-corrected chi connectivity index (χ0v) is 8.21. The van der Waals surface area contributed by atoms with Crippen molar-refractivity contribution in [1.29, 1.82) is 0 Å². The number of aromatic nitrogens is 2. The zero-order chi connectivity index (χ0) is 9.26. The molecule has 0 fully saturated rings. The summed E-state index contributed by atoms with van der Waals surface area (Å²) in [4.78, 5) is 5.51. The van der Waals surface area contributed by atoms with E-state index in [9.17, 15) is 0 Å². The lowest BCUT2D eigenvalue weighted by molar-refractivity contribution is 0.830. The van der Waals surface area contributed by atoms with Crippen LogP contribution in [0.25, 0.3) is 10.7 Å². The molecule has 0 amide bonds. The van der Waals surface area contributed by atoms with Gasteiger partial charge in [-0.25, -0.2) is 4.98 Å². The highest BCUT2D eigenvalue weighted by atomic mass is 32.1. The van der Waals surface area contributed by atoms with Crippen molar-refractivity contribution < 1.29 is 0 Å². The molecule has 0 aromatic carbocycles. The third-order valence-electron chi connectivity index (χ3n) is 2.04. The lowest BCUT2D eigenvalue weighted by atomic mass is 10.4. The molecule has 0 bridgehead atoms. The summed E-state index contributed by atoms with van der Waals surface area (Å²) in [5.74, 6) is 0.996. The van der Waals surface area contributed by atoms with Crippen LogP contribution in [0.4, 0.5) is 0 Å². The molecule has 2 heterocycles. The molecule has 0 saturated carbocycles. The highest BCUT2D eigenvalue weighted by Gasteiger charge is 2.07. The van der Waals surface area contributed by atoms with E-state index in [-0.39, 0.29) is 0 Å². The summed E-state index contributed by atoms with van der Waals surface area (Å²) >= 11 is 1.69. The van der Waals surface area contributed by atoms with Gasteiger partial charge in [-0.3, -0.25) is 0 Å². The fourth-order valence-corrected chi connectivity index (χ4v) is 2.03. The third-order valence-corrected chi connectivity index (χ3v) is 2.90. The van der Waals surface area contributed by atoms with E-state index in [1.807, 2.05) is 29.3 Å². The molecular weight excluding hydrogens is 182 g/mol. The van der Waals surface area contributed by atoms with E-state index in [1.54, 1.807) is 11.3 Å². The van der Waals surface area contributed by atoms with Gasteiger partial charge in [0, 0.05) is 13.6 Å². The molecular formula is C9H11N3S. The second-order valence-corrected chi connectivity index (χ2v) is 3.76. The molecule has 0 atom stereocenters. The van der Waals surface area contributed by atoms with Crippen LogP contribution in [0, 0.1) is 0 Å². The average Bonchev–Trinajstić information content (AvgIpc) is 2.72. The largest absolute Gasteiger partial charge is 0.329 e. The Morgan fingerprint density at radius 2 is 2.46 bits per heavy atom. The number of rotatable bonds is 2. The maximum Gasteiger partial charge on any atom is 0.149 e. The molecule has 0 aliphatic heterocycles. The molecule has 2 aromatic rings. The normalized spacial score (nSPS) is 10.6. The van der Waals surface area contributed by atoms with Crippen molar-refractivity contribution in [2.45, 2.75) is 6.54 Å². The highest BCUT2D eigenvalue weighted by Crippen LogP contribution is 2.23. The summed E-state index contributed by atoms with van der Waals surface area (Å²) < 4.78 is 2.03. The van der Waals surface area contributed by atoms with Gasteiger partial charge in [-0.15, -0.1) is 11.3 Å². The first kappa shape index (κ1) is 8.47. The van der Waals surface area contributed by atoms with E-state index in [2.05, 4.69) is 11.1 Å². The van der Waals surface area contributed by atoms with Gasteiger partial charge in [-0.2, -0.15) is 0 Å². The Balaban J connectivity index is 2.48. The number of nitrogens with two attached hydrogens (primary N) is 1. The fraction of sp³-hybridized carbons (Fsp3) is 0.222. The lowest BCUT2D eigenvalue weighted by Gasteiger charge is -2.01. The van der Waals surface area contributed by atoms with Crippen LogP contribution in [0.1, 0.15) is 5.69 Å². The Morgan fingerprint density at radius 3 is 3.00 bits per heavy atom. The fourth-order valence-electron chi connectivity index (χ4n) is 1.27. The summed E-state index contributed by atoms with van der Waals surface area (Å²) in [6, 6.07) is 4.09. The topological polar surface area (TPSA) is 43.8 Å². The van der Waals surface area contributed by atoms with Crippen molar-refractivity contribution in [2.24, 2.45) is 12.8 Å². The van der Waals surface area contributed by atoms with E-state index < -0.39 is 0 Å². The minimum Gasteiger partial charge on any atom is -0.329 e. The van der Waals surface area contributed by atoms with Crippen LogP contribution in [-0.2, 0) is 13.6 Å². The molecule has 0 saturated heterocycles. The molecule has 3 nitrogen and oxygen atoms in total. The predicted octanol–water partition coefficient (Wildman–Crippen LogP) is 1.61. The summed E-state index contributed by atoms with van der Waals surface area (Å²) in [6.45, 7) is 0.537. The first-order valence-corrected chi connectivity index (χ1v) is 4.95. The first-order valence-electron chi connectivity index (χ1n) is 4.07. The maximum absolute atomic E-state index is 5.56. The van der Waals surface area contributed by atoms with Gasteiger partial charge < -0.3 is 10.3 Å². The van der Waals surface area contributed by atoms with Crippen molar-refractivity contribution in [3.8, 4) is 10.7 Å². The molecule has 0 unspecified atom stereocenters. The van der Waals surface area contributed by atoms with E-state index in [0.29, 0.717) is 6.54 Å². The predicted molar refractivity (Wildman–Crippen MR) is 54.4 cm³/mol. The van der Waals surface area contributed by atoms with Crippen molar-refractivity contribution in [2.75, 3.05) is 0 Å². The summed E-state index contributed by atoms with van der Waals surface area (Å²) in [5, 5.41) is 2.05. The molecule has 2 rings (SSSR count). The monoisotopic (exact) mass is 193 g/mol. The average molecular weight is 193 g/mol. The molecule has 2 N–H and O–H groups in total. The highest BCUT2D eigenvalue weighted by molar-refractivity contribution is 7.13. The second-order valence-electron chi connectivity index (χ2n) is 2.81. The van der Waals surface area contributed by atoms with Crippen LogP contribution >= 0.6 is 11.3 Å². The molecule has 0 spiro atoms. The number of thiophene rings is 1. The Bertz CT molecular complexity index is 389. The molecule has 13 heavy (non-hydrogen) atoms. The van der Waals surface area contributed by atoms with Gasteiger partial charge in [0.15, 0.2) is 0 Å². The number of nitrogens with zero attached hydrogens (tertiary/aromatic N) is 2. The summed E-state index contributed by atoms with van der Waals surface area (Å²) in [6.07, 6.45) is 1.83. The molecule has 0 aliphatic carbocycles. The molecule has 2 aromatic heterocycles. The van der Waals surface area contributed by atoms with Gasteiger partial charge in [0.25, 0.3) is 0 Å². The first-order chi connectivity index (χ1) is 6.33.